The zero-order valence-electron chi connectivity index (χ0n) is 20.6. The molecule has 0 amide bonds. The van der Waals surface area contributed by atoms with Crippen molar-refractivity contribution >= 4 is 22.7 Å². The number of nitrogen functional groups attached to an aromatic ring is 1. The van der Waals surface area contributed by atoms with E-state index >= 15 is 0 Å². The molecule has 0 aromatic heterocycles. The number of methoxy groups -OCH3 is 2. The van der Waals surface area contributed by atoms with E-state index in [0.29, 0.717) is 11.4 Å². The van der Waals surface area contributed by atoms with Crippen LogP contribution in [0, 0.1) is 10.1 Å². The highest BCUT2D eigenvalue weighted by molar-refractivity contribution is 5.63. The smallest absolute Gasteiger partial charge is 0.312 e. The monoisotopic (exact) mass is 472 g/mol. The van der Waals surface area contributed by atoms with Crippen molar-refractivity contribution in [2.24, 2.45) is 0 Å². The summed E-state index contributed by atoms with van der Waals surface area (Å²) in [7, 11) is 7.31. The fraction of sp³-hybridized carbons (Fsp3) is 0.500. The first kappa shape index (κ1) is 25.4. The van der Waals surface area contributed by atoms with Gasteiger partial charge in [0.05, 0.1) is 24.8 Å². The molecule has 4 rings (SSSR count). The Balaban J connectivity index is 0.000000192. The minimum absolute atomic E-state index is 0.0222. The van der Waals surface area contributed by atoms with E-state index in [1.807, 2.05) is 18.2 Å². The van der Waals surface area contributed by atoms with E-state index in [1.54, 1.807) is 19.2 Å². The lowest BCUT2D eigenvalue weighted by molar-refractivity contribution is -0.385. The summed E-state index contributed by atoms with van der Waals surface area (Å²) in [4.78, 5) is 19.7. The third kappa shape index (κ3) is 6.42. The van der Waals surface area contributed by atoms with Gasteiger partial charge in [0.15, 0.2) is 5.75 Å². The van der Waals surface area contributed by atoms with Crippen molar-refractivity contribution in [1.82, 2.24) is 9.80 Å². The zero-order chi connectivity index (χ0) is 24.7. The Morgan fingerprint density at radius 3 is 1.62 bits per heavy atom. The van der Waals surface area contributed by atoms with Gasteiger partial charge in [0, 0.05) is 69.8 Å². The summed E-state index contributed by atoms with van der Waals surface area (Å²) >= 11 is 0. The Hall–Kier alpha value is -3.24. The van der Waals surface area contributed by atoms with Gasteiger partial charge in [0.25, 0.3) is 0 Å². The molecule has 2 aliphatic heterocycles. The molecule has 0 spiro atoms. The average molecular weight is 473 g/mol. The summed E-state index contributed by atoms with van der Waals surface area (Å²) in [5.74, 6) is 1.05. The van der Waals surface area contributed by atoms with Crippen LogP contribution in [-0.2, 0) is 0 Å². The highest BCUT2D eigenvalue weighted by atomic mass is 16.6. The largest absolute Gasteiger partial charge is 0.495 e. The zero-order valence-corrected chi connectivity index (χ0v) is 20.6. The third-order valence-electron chi connectivity index (χ3n) is 6.31. The van der Waals surface area contributed by atoms with Gasteiger partial charge in [-0.3, -0.25) is 10.1 Å². The normalized spacial score (nSPS) is 17.1. The fourth-order valence-corrected chi connectivity index (χ4v) is 4.07. The molecule has 0 atom stereocenters. The summed E-state index contributed by atoms with van der Waals surface area (Å²) in [6, 6.07) is 11.1. The maximum atomic E-state index is 11.0. The van der Waals surface area contributed by atoms with E-state index in [9.17, 15) is 10.1 Å². The van der Waals surface area contributed by atoms with E-state index in [-0.39, 0.29) is 5.69 Å². The van der Waals surface area contributed by atoms with Gasteiger partial charge in [-0.05, 0) is 44.4 Å². The van der Waals surface area contributed by atoms with Gasteiger partial charge in [-0.2, -0.15) is 0 Å². The number of nitro groups is 1. The van der Waals surface area contributed by atoms with Crippen molar-refractivity contribution in [3.8, 4) is 11.5 Å². The van der Waals surface area contributed by atoms with Crippen LogP contribution < -0.4 is 25.0 Å². The van der Waals surface area contributed by atoms with Crippen molar-refractivity contribution in [3.63, 3.8) is 0 Å². The lowest BCUT2D eigenvalue weighted by atomic mass is 10.2. The highest BCUT2D eigenvalue weighted by Crippen LogP contribution is 2.31. The van der Waals surface area contributed by atoms with Crippen LogP contribution in [0.2, 0.25) is 0 Å². The average Bonchev–Trinajstić information content (AvgIpc) is 2.85. The minimum Gasteiger partial charge on any atom is -0.495 e. The first-order valence-corrected chi connectivity index (χ1v) is 11.4. The molecule has 2 aliphatic rings. The quantitative estimate of drug-likeness (QED) is 0.399. The van der Waals surface area contributed by atoms with E-state index in [4.69, 9.17) is 15.2 Å². The Bertz CT molecular complexity index is 956. The Kier molecular flexibility index (Phi) is 8.78. The SMILES string of the molecule is COc1ccc(N2CCN(C)CC2)cc1N.COc1ccc(N2CCN(C)CC2)cc1[N+](=O)[O-]. The van der Waals surface area contributed by atoms with Gasteiger partial charge in [-0.15, -0.1) is 0 Å². The summed E-state index contributed by atoms with van der Waals surface area (Å²) in [5.41, 5.74) is 8.70. The molecule has 0 aliphatic carbocycles. The van der Waals surface area contributed by atoms with Gasteiger partial charge in [-0.1, -0.05) is 0 Å². The molecule has 0 saturated carbocycles. The van der Waals surface area contributed by atoms with Crippen molar-refractivity contribution < 1.29 is 14.4 Å². The number of piperazine rings is 2. The lowest BCUT2D eigenvalue weighted by Gasteiger charge is -2.34. The van der Waals surface area contributed by atoms with E-state index in [2.05, 4.69) is 39.8 Å². The molecule has 0 unspecified atom stereocenters. The van der Waals surface area contributed by atoms with Crippen molar-refractivity contribution in [2.45, 2.75) is 0 Å². The lowest BCUT2D eigenvalue weighted by Crippen LogP contribution is -2.44. The van der Waals surface area contributed by atoms with Gasteiger partial charge >= 0.3 is 5.69 Å². The molecule has 2 fully saturated rings. The molecule has 10 heteroatoms. The number of hydrogen-bond donors (Lipinski definition) is 1. The van der Waals surface area contributed by atoms with E-state index in [0.717, 1.165) is 63.8 Å². The summed E-state index contributed by atoms with van der Waals surface area (Å²) in [6.07, 6.45) is 0. The molecule has 0 radical (unpaired) electrons. The molecule has 2 heterocycles. The van der Waals surface area contributed by atoms with Gasteiger partial charge in [0.1, 0.15) is 5.75 Å². The molecule has 34 heavy (non-hydrogen) atoms. The van der Waals surface area contributed by atoms with Crippen LogP contribution in [0.15, 0.2) is 36.4 Å². The second-order valence-corrected chi connectivity index (χ2v) is 8.62. The van der Waals surface area contributed by atoms with Crippen LogP contribution in [0.25, 0.3) is 0 Å². The topological polar surface area (TPSA) is 101 Å². The van der Waals surface area contributed by atoms with Crippen molar-refractivity contribution in [1.29, 1.82) is 0 Å². The summed E-state index contributed by atoms with van der Waals surface area (Å²) < 4.78 is 10.2. The molecule has 2 saturated heterocycles. The molecule has 10 nitrogen and oxygen atoms in total. The van der Waals surface area contributed by atoms with E-state index < -0.39 is 4.92 Å². The second kappa shape index (κ2) is 11.8. The Labute approximate surface area is 201 Å². The Morgan fingerprint density at radius 1 is 0.765 bits per heavy atom. The maximum Gasteiger partial charge on any atom is 0.312 e. The first-order chi connectivity index (χ1) is 16.3. The number of nitro benzene ring substituents is 1. The third-order valence-corrected chi connectivity index (χ3v) is 6.31. The predicted octanol–water partition coefficient (Wildman–Crippen LogP) is 2.38. The number of likely N-dealkylation sites (N-methyl/N-ethyl adjacent to an activating group) is 2. The molecule has 186 valence electrons. The number of benzene rings is 2. The first-order valence-electron chi connectivity index (χ1n) is 11.4. The minimum atomic E-state index is -0.404. The Morgan fingerprint density at radius 2 is 1.21 bits per heavy atom. The van der Waals surface area contributed by atoms with Crippen molar-refractivity contribution in [2.75, 3.05) is 96.2 Å². The van der Waals surface area contributed by atoms with E-state index in [1.165, 1.54) is 12.8 Å². The molecular weight excluding hydrogens is 436 g/mol. The molecular formula is C24H36N6O4. The standard InChI is InChI=1S/C12H17N3O3.C12H19N3O/c1-13-5-7-14(8-6-13)10-3-4-12(18-2)11(9-10)15(16)17;1-14-5-7-15(8-6-14)10-3-4-12(16-2)11(13)9-10/h3-4,9H,5-8H2,1-2H3;3-4,9H,5-8,13H2,1-2H3. The number of rotatable bonds is 5. The number of hydrogen-bond acceptors (Lipinski definition) is 9. The summed E-state index contributed by atoms with van der Waals surface area (Å²) in [5, 5.41) is 11.0. The fourth-order valence-electron chi connectivity index (χ4n) is 4.07. The van der Waals surface area contributed by atoms with Crippen LogP contribution in [0.3, 0.4) is 0 Å². The number of nitrogens with zero attached hydrogens (tertiary/aromatic N) is 5. The molecule has 2 N–H and O–H groups in total. The number of nitrogens with two attached hydrogens (primary N) is 1. The molecule has 2 aromatic carbocycles. The molecule has 2 aromatic rings. The maximum absolute atomic E-state index is 11.0. The number of anilines is 3. The van der Waals surface area contributed by atoms with Gasteiger partial charge < -0.3 is 34.8 Å². The molecule has 0 bridgehead atoms. The highest BCUT2D eigenvalue weighted by Gasteiger charge is 2.20. The van der Waals surface area contributed by atoms with Crippen LogP contribution in [0.5, 0.6) is 11.5 Å². The second-order valence-electron chi connectivity index (χ2n) is 8.62. The van der Waals surface area contributed by atoms with Crippen LogP contribution in [-0.4, -0.2) is 95.4 Å². The van der Waals surface area contributed by atoms with Crippen LogP contribution in [0.4, 0.5) is 22.7 Å². The van der Waals surface area contributed by atoms with Crippen LogP contribution >= 0.6 is 0 Å². The summed E-state index contributed by atoms with van der Waals surface area (Å²) in [6.45, 7) is 8.04. The van der Waals surface area contributed by atoms with Gasteiger partial charge in [-0.25, -0.2) is 0 Å². The van der Waals surface area contributed by atoms with Crippen molar-refractivity contribution in [3.05, 3.63) is 46.5 Å². The van der Waals surface area contributed by atoms with Crippen LogP contribution in [0.1, 0.15) is 0 Å². The number of ether oxygens (including phenoxy) is 2. The predicted molar refractivity (Wildman–Crippen MR) is 136 cm³/mol. The van der Waals surface area contributed by atoms with Gasteiger partial charge in [0.2, 0.25) is 0 Å².